The molecule has 0 heterocycles. The van der Waals surface area contributed by atoms with Crippen LogP contribution >= 0.6 is 15.9 Å². The molecule has 0 N–H and O–H groups in total. The summed E-state index contributed by atoms with van der Waals surface area (Å²) in [4.78, 5) is 0.830. The van der Waals surface area contributed by atoms with Crippen molar-refractivity contribution in [3.8, 4) is 0 Å². The lowest BCUT2D eigenvalue weighted by atomic mass is 9.92. The molecule has 0 aromatic carbocycles. The van der Waals surface area contributed by atoms with Gasteiger partial charge < -0.3 is 0 Å². The van der Waals surface area contributed by atoms with Gasteiger partial charge in [-0.25, -0.2) is 0 Å². The van der Waals surface area contributed by atoms with E-state index in [0.29, 0.717) is 0 Å². The summed E-state index contributed by atoms with van der Waals surface area (Å²) in [5.74, 6) is 1.98. The van der Waals surface area contributed by atoms with E-state index in [0.717, 1.165) is 16.7 Å². The van der Waals surface area contributed by atoms with Crippen molar-refractivity contribution in [3.63, 3.8) is 0 Å². The second-order valence-electron chi connectivity index (χ2n) is 4.41. The molecule has 12 heavy (non-hydrogen) atoms. The van der Waals surface area contributed by atoms with Gasteiger partial charge in [0.25, 0.3) is 0 Å². The second-order valence-corrected chi connectivity index (χ2v) is 5.70. The first-order chi connectivity index (χ1) is 5.72. The number of halogens is 1. The van der Waals surface area contributed by atoms with E-state index in [1.807, 2.05) is 0 Å². The molecule has 0 aromatic rings. The maximum atomic E-state index is 3.71. The van der Waals surface area contributed by atoms with E-state index in [2.05, 4.69) is 29.8 Å². The molecule has 1 rings (SSSR count). The number of rotatable bonds is 4. The lowest BCUT2D eigenvalue weighted by Crippen LogP contribution is -2.03. The highest BCUT2D eigenvalue weighted by atomic mass is 79.9. The molecule has 0 saturated heterocycles. The Morgan fingerprint density at radius 3 is 2.67 bits per heavy atom. The van der Waals surface area contributed by atoms with Crippen molar-refractivity contribution in [3.05, 3.63) is 0 Å². The minimum atomic E-state index is 0.830. The van der Waals surface area contributed by atoms with Crippen molar-refractivity contribution >= 4 is 15.9 Å². The van der Waals surface area contributed by atoms with Crippen LogP contribution in [0.2, 0.25) is 0 Å². The number of hydrogen-bond acceptors (Lipinski definition) is 0. The molecule has 0 aromatic heterocycles. The summed E-state index contributed by atoms with van der Waals surface area (Å²) in [5, 5.41) is 0. The van der Waals surface area contributed by atoms with Gasteiger partial charge in [-0.05, 0) is 37.5 Å². The summed E-state index contributed by atoms with van der Waals surface area (Å²) in [5.41, 5.74) is 0. The number of hydrogen-bond donors (Lipinski definition) is 0. The Labute approximate surface area is 85.3 Å². The summed E-state index contributed by atoms with van der Waals surface area (Å²) in [7, 11) is 0. The zero-order valence-corrected chi connectivity index (χ0v) is 9.94. The van der Waals surface area contributed by atoms with E-state index in [4.69, 9.17) is 0 Å². The summed E-state index contributed by atoms with van der Waals surface area (Å²) >= 11 is 3.71. The summed E-state index contributed by atoms with van der Waals surface area (Å²) in [6.07, 6.45) is 8.53. The fourth-order valence-electron chi connectivity index (χ4n) is 2.41. The van der Waals surface area contributed by atoms with E-state index < -0.39 is 0 Å². The fourth-order valence-corrected chi connectivity index (χ4v) is 3.20. The van der Waals surface area contributed by atoms with Crippen molar-refractivity contribution in [1.29, 1.82) is 0 Å². The van der Waals surface area contributed by atoms with E-state index in [1.165, 1.54) is 38.5 Å². The average molecular weight is 233 g/mol. The summed E-state index contributed by atoms with van der Waals surface area (Å²) in [6.45, 7) is 4.70. The van der Waals surface area contributed by atoms with Crippen LogP contribution in [0.15, 0.2) is 0 Å². The van der Waals surface area contributed by atoms with E-state index in [-0.39, 0.29) is 0 Å². The van der Waals surface area contributed by atoms with E-state index >= 15 is 0 Å². The third kappa shape index (κ3) is 3.47. The van der Waals surface area contributed by atoms with E-state index in [9.17, 15) is 0 Å². The van der Waals surface area contributed by atoms with Crippen LogP contribution in [0.3, 0.4) is 0 Å². The van der Waals surface area contributed by atoms with Gasteiger partial charge in [-0.3, -0.25) is 0 Å². The lowest BCUT2D eigenvalue weighted by Gasteiger charge is -2.15. The van der Waals surface area contributed by atoms with E-state index in [1.54, 1.807) is 0 Å². The quantitative estimate of drug-likeness (QED) is 0.632. The lowest BCUT2D eigenvalue weighted by molar-refractivity contribution is 0.378. The molecule has 1 aliphatic rings. The van der Waals surface area contributed by atoms with Crippen LogP contribution in [0, 0.1) is 11.8 Å². The molecule has 3 unspecified atom stereocenters. The van der Waals surface area contributed by atoms with Crippen molar-refractivity contribution in [2.75, 3.05) is 0 Å². The largest absolute Gasteiger partial charge is 0.0891 e. The first-order valence-electron chi connectivity index (χ1n) is 5.36. The van der Waals surface area contributed by atoms with Crippen molar-refractivity contribution in [2.24, 2.45) is 11.8 Å². The number of alkyl halides is 1. The molecule has 0 aliphatic heterocycles. The molecule has 1 aliphatic carbocycles. The molecule has 1 heteroatoms. The first-order valence-corrected chi connectivity index (χ1v) is 6.28. The Morgan fingerprint density at radius 1 is 1.42 bits per heavy atom. The van der Waals surface area contributed by atoms with Gasteiger partial charge in [0.15, 0.2) is 0 Å². The Kier molecular flexibility index (Phi) is 4.63. The molecule has 0 bridgehead atoms. The Morgan fingerprint density at radius 2 is 2.17 bits per heavy atom. The molecule has 0 amide bonds. The second kappa shape index (κ2) is 5.26. The molecular formula is C11H21Br. The average Bonchev–Trinajstić information content (AvgIpc) is 2.36. The Bertz CT molecular complexity index is 122. The molecule has 1 saturated carbocycles. The summed E-state index contributed by atoms with van der Waals surface area (Å²) < 4.78 is 0. The van der Waals surface area contributed by atoms with Crippen molar-refractivity contribution < 1.29 is 0 Å². The molecule has 0 spiro atoms. The minimum absolute atomic E-state index is 0.830. The third-order valence-electron chi connectivity index (χ3n) is 2.99. The molecule has 72 valence electrons. The third-order valence-corrected chi connectivity index (χ3v) is 3.83. The fraction of sp³-hybridized carbons (Fsp3) is 1.00. The summed E-state index contributed by atoms with van der Waals surface area (Å²) in [6, 6.07) is 0. The molecule has 3 atom stereocenters. The normalized spacial score (nSPS) is 32.2. The van der Waals surface area contributed by atoms with Crippen LogP contribution < -0.4 is 0 Å². The monoisotopic (exact) mass is 232 g/mol. The van der Waals surface area contributed by atoms with Crippen LogP contribution in [-0.2, 0) is 0 Å². The molecule has 1 fully saturated rings. The van der Waals surface area contributed by atoms with Crippen LogP contribution in [0.4, 0.5) is 0 Å². The SMILES string of the molecule is CCCC(C)CC1CCC(Br)C1. The zero-order valence-electron chi connectivity index (χ0n) is 8.35. The van der Waals surface area contributed by atoms with Gasteiger partial charge in [0.05, 0.1) is 0 Å². The van der Waals surface area contributed by atoms with Gasteiger partial charge in [0.2, 0.25) is 0 Å². The maximum Gasteiger partial charge on any atom is 0.0148 e. The minimum Gasteiger partial charge on any atom is -0.0891 e. The smallest absolute Gasteiger partial charge is 0.0148 e. The predicted molar refractivity (Wildman–Crippen MR) is 58.7 cm³/mol. The van der Waals surface area contributed by atoms with Crippen LogP contribution in [-0.4, -0.2) is 4.83 Å². The molecule has 0 radical (unpaired) electrons. The zero-order chi connectivity index (χ0) is 8.97. The molecular weight excluding hydrogens is 212 g/mol. The Balaban J connectivity index is 2.14. The van der Waals surface area contributed by atoms with Gasteiger partial charge >= 0.3 is 0 Å². The van der Waals surface area contributed by atoms with Crippen molar-refractivity contribution in [2.45, 2.75) is 57.2 Å². The highest BCUT2D eigenvalue weighted by molar-refractivity contribution is 9.09. The highest BCUT2D eigenvalue weighted by Crippen LogP contribution is 2.35. The maximum absolute atomic E-state index is 3.71. The topological polar surface area (TPSA) is 0 Å². The van der Waals surface area contributed by atoms with Crippen molar-refractivity contribution in [1.82, 2.24) is 0 Å². The predicted octanol–water partition coefficient (Wildman–Crippen LogP) is 4.38. The standard InChI is InChI=1S/C11H21Br/c1-3-4-9(2)7-10-5-6-11(12)8-10/h9-11H,3-8H2,1-2H3. The van der Waals surface area contributed by atoms with Gasteiger partial charge in [0.1, 0.15) is 0 Å². The first kappa shape index (κ1) is 10.6. The molecule has 0 nitrogen and oxygen atoms in total. The van der Waals surface area contributed by atoms with Gasteiger partial charge in [-0.15, -0.1) is 0 Å². The van der Waals surface area contributed by atoms with Gasteiger partial charge in [0, 0.05) is 4.83 Å². The van der Waals surface area contributed by atoms with Gasteiger partial charge in [-0.1, -0.05) is 42.6 Å². The Hall–Kier alpha value is 0.480. The van der Waals surface area contributed by atoms with Crippen LogP contribution in [0.25, 0.3) is 0 Å². The van der Waals surface area contributed by atoms with Crippen LogP contribution in [0.1, 0.15) is 52.4 Å². The van der Waals surface area contributed by atoms with Gasteiger partial charge in [-0.2, -0.15) is 0 Å². The van der Waals surface area contributed by atoms with Crippen LogP contribution in [0.5, 0.6) is 0 Å². The highest BCUT2D eigenvalue weighted by Gasteiger charge is 2.23.